The van der Waals surface area contributed by atoms with Gasteiger partial charge in [0.1, 0.15) is 28.5 Å². The Kier molecular flexibility index (Phi) is 9.95. The zero-order valence-electron chi connectivity index (χ0n) is 31.1. The van der Waals surface area contributed by atoms with E-state index in [0.717, 1.165) is 0 Å². The molecule has 0 atom stereocenters. The predicted molar refractivity (Wildman–Crippen MR) is 222 cm³/mol. The van der Waals surface area contributed by atoms with Crippen LogP contribution in [0.1, 0.15) is 52.8 Å². The van der Waals surface area contributed by atoms with E-state index in [1.807, 2.05) is 0 Å². The van der Waals surface area contributed by atoms with Gasteiger partial charge in [-0.3, -0.25) is 4.79 Å². The molecule has 6 N–H and O–H groups in total. The summed E-state index contributed by atoms with van der Waals surface area (Å²) in [5.74, 6) is -4.97. The second-order valence-electron chi connectivity index (χ2n) is 13.5. The number of phenolic OH excluding ortho intramolecular Hbond substituents is 1. The molecule has 0 amide bonds. The molecule has 0 spiro atoms. The van der Waals surface area contributed by atoms with Crippen molar-refractivity contribution >= 4 is 79.6 Å². The van der Waals surface area contributed by atoms with Crippen molar-refractivity contribution in [2.75, 3.05) is 17.7 Å². The fourth-order valence-corrected chi connectivity index (χ4v) is 7.35. The summed E-state index contributed by atoms with van der Waals surface area (Å²) >= 11 is 6.71. The topological polar surface area (TPSA) is 238 Å². The first kappa shape index (κ1) is 38.8. The van der Waals surface area contributed by atoms with Crippen molar-refractivity contribution in [3.05, 3.63) is 146 Å². The molecule has 0 bridgehead atoms. The first-order valence-corrected chi connectivity index (χ1v) is 18.3. The van der Waals surface area contributed by atoms with Gasteiger partial charge >= 0.3 is 23.9 Å². The van der Waals surface area contributed by atoms with Crippen LogP contribution in [0, 0.1) is 0 Å². The third-order valence-electron chi connectivity index (χ3n) is 9.99. The number of methoxy groups -OCH3 is 1. The van der Waals surface area contributed by atoms with Gasteiger partial charge in [0.05, 0.1) is 56.8 Å². The molecular formula is C44H29ClN4O11. The zero-order chi connectivity index (χ0) is 42.4. The van der Waals surface area contributed by atoms with Gasteiger partial charge in [-0.15, -0.1) is 0 Å². The number of rotatable bonds is 11. The number of nitrogens with one attached hydrogen (secondary N) is 2. The number of ether oxygens (including phenoxy) is 1. The Labute approximate surface area is 342 Å². The van der Waals surface area contributed by atoms with E-state index in [1.54, 1.807) is 48.5 Å². The Morgan fingerprint density at radius 2 is 1.32 bits per heavy atom. The molecular weight excluding hydrogens is 796 g/mol. The molecule has 16 heteroatoms. The summed E-state index contributed by atoms with van der Waals surface area (Å²) in [6.07, 6.45) is 0. The van der Waals surface area contributed by atoms with Crippen LogP contribution in [0.15, 0.2) is 106 Å². The van der Waals surface area contributed by atoms with Crippen molar-refractivity contribution in [3.63, 3.8) is 0 Å². The largest absolute Gasteiger partial charge is 0.506 e. The number of hydrogen-bond donors (Lipinski definition) is 6. The SMILES string of the molecule is COC(=O)c1ccc(C(=O)O)cc1-c1c2ccc(=O)c(CNc3cccc4ccc(C(=O)O)nc34)c-2oc2c(CNc3cccc4ccc(C(=O)O)nc34)c(O)c(Cl)cc12. The average Bonchev–Trinajstić information content (AvgIpc) is 3.24. The van der Waals surface area contributed by atoms with Gasteiger partial charge in [0.25, 0.3) is 0 Å². The first-order valence-electron chi connectivity index (χ1n) is 18.0. The lowest BCUT2D eigenvalue weighted by Gasteiger charge is -2.22. The van der Waals surface area contributed by atoms with Crippen LogP contribution < -0.4 is 16.1 Å². The monoisotopic (exact) mass is 824 g/mol. The van der Waals surface area contributed by atoms with Crippen molar-refractivity contribution in [3.8, 4) is 28.2 Å². The van der Waals surface area contributed by atoms with Crippen LogP contribution in [0.5, 0.6) is 5.75 Å². The van der Waals surface area contributed by atoms with Crippen LogP contribution in [-0.4, -0.2) is 61.4 Å². The highest BCUT2D eigenvalue weighted by molar-refractivity contribution is 6.33. The number of pyridine rings is 2. The molecule has 1 aliphatic heterocycles. The third kappa shape index (κ3) is 6.88. The molecule has 1 aliphatic carbocycles. The summed E-state index contributed by atoms with van der Waals surface area (Å²) in [5.41, 5.74) is 1.08. The lowest BCUT2D eigenvalue weighted by Crippen LogP contribution is -2.16. The molecule has 15 nitrogen and oxygen atoms in total. The molecule has 60 heavy (non-hydrogen) atoms. The number of halogens is 1. The molecule has 0 fully saturated rings. The standard InChI is InChI=1S/C44H29ClN4O11/c1-59-44(58)23-11-8-22(41(52)53)16-25(23)35-24-12-15-34(50)27(18-46-30-6-2-4-20-9-13-32(42(54)55)48-36(20)30)39(24)60-40-26(35)17-29(45)38(51)28(40)19-47-31-7-3-5-21-10-14-33(43(56)57)49-37(21)31/h2-17,46-47,51H,18-19H2,1H3,(H,52,53)(H,54,55)(H,56,57). The quantitative estimate of drug-likeness (QED) is 0.0533. The molecule has 298 valence electrons. The summed E-state index contributed by atoms with van der Waals surface area (Å²) < 4.78 is 11.7. The number of hydrogen-bond acceptors (Lipinski definition) is 12. The Morgan fingerprint density at radius 1 is 0.717 bits per heavy atom. The fraction of sp³-hybridized carbons (Fsp3) is 0.0682. The number of esters is 1. The highest BCUT2D eigenvalue weighted by Gasteiger charge is 2.29. The van der Waals surface area contributed by atoms with E-state index < -0.39 is 35.1 Å². The first-order chi connectivity index (χ1) is 28.8. The summed E-state index contributed by atoms with van der Waals surface area (Å²) in [5, 5.41) is 48.6. The highest BCUT2D eigenvalue weighted by Crippen LogP contribution is 2.47. The van der Waals surface area contributed by atoms with E-state index in [-0.39, 0.29) is 85.2 Å². The number of aromatic nitrogens is 2. The zero-order valence-corrected chi connectivity index (χ0v) is 31.8. The maximum Gasteiger partial charge on any atom is 0.354 e. The van der Waals surface area contributed by atoms with Gasteiger partial charge in [0.2, 0.25) is 0 Å². The van der Waals surface area contributed by atoms with Gasteiger partial charge in [-0.1, -0.05) is 48.0 Å². The third-order valence-corrected chi connectivity index (χ3v) is 10.3. The molecule has 0 saturated heterocycles. The molecule has 6 aromatic rings. The molecule has 3 heterocycles. The Balaban J connectivity index is 1.37. The van der Waals surface area contributed by atoms with Gasteiger partial charge in [-0.05, 0) is 66.2 Å². The second kappa shape index (κ2) is 15.4. The summed E-state index contributed by atoms with van der Waals surface area (Å²) in [6.45, 7) is -0.394. The number of aromatic hydroxyl groups is 1. The van der Waals surface area contributed by atoms with E-state index in [2.05, 4.69) is 20.6 Å². The number of carbonyl (C=O) groups excluding carboxylic acids is 1. The lowest BCUT2D eigenvalue weighted by atomic mass is 9.87. The number of anilines is 2. The van der Waals surface area contributed by atoms with Gasteiger partial charge in [-0.2, -0.15) is 0 Å². The molecule has 0 radical (unpaired) electrons. The smallest absolute Gasteiger partial charge is 0.354 e. The molecule has 0 unspecified atom stereocenters. The number of carbonyl (C=O) groups is 4. The van der Waals surface area contributed by atoms with Crippen LogP contribution >= 0.6 is 11.6 Å². The van der Waals surface area contributed by atoms with Crippen LogP contribution in [0.2, 0.25) is 5.02 Å². The maximum atomic E-state index is 13.9. The number of carboxylic acid groups (broad SMARTS) is 3. The summed E-state index contributed by atoms with van der Waals surface area (Å²) in [4.78, 5) is 71.6. The van der Waals surface area contributed by atoms with Gasteiger partial charge in [-0.25, -0.2) is 29.1 Å². The maximum absolute atomic E-state index is 13.9. The molecule has 0 saturated carbocycles. The molecule has 2 aliphatic rings. The van der Waals surface area contributed by atoms with Crippen LogP contribution in [0.4, 0.5) is 11.4 Å². The summed E-state index contributed by atoms with van der Waals surface area (Å²) in [7, 11) is 1.17. The van der Waals surface area contributed by atoms with Crippen LogP contribution in [0.25, 0.3) is 55.2 Å². The van der Waals surface area contributed by atoms with Crippen molar-refractivity contribution in [2.24, 2.45) is 0 Å². The Morgan fingerprint density at radius 3 is 1.88 bits per heavy atom. The number of carboxylic acids is 3. The number of nitrogens with zero attached hydrogens (tertiary/aromatic N) is 2. The van der Waals surface area contributed by atoms with Crippen molar-refractivity contribution in [2.45, 2.75) is 13.1 Å². The van der Waals surface area contributed by atoms with E-state index in [1.165, 1.54) is 55.6 Å². The second-order valence-corrected chi connectivity index (χ2v) is 13.9. The number of phenols is 1. The molecule has 4 aromatic carbocycles. The molecule has 2 aromatic heterocycles. The minimum absolute atomic E-state index is 0.00522. The highest BCUT2D eigenvalue weighted by atomic mass is 35.5. The number of benzene rings is 5. The van der Waals surface area contributed by atoms with Gasteiger partial charge < -0.3 is 40.2 Å². The van der Waals surface area contributed by atoms with E-state index in [9.17, 15) is 44.4 Å². The number of aromatic carboxylic acids is 3. The number of fused-ring (bicyclic) bond motifs is 4. The average molecular weight is 825 g/mol. The van der Waals surface area contributed by atoms with Crippen LogP contribution in [0.3, 0.4) is 0 Å². The van der Waals surface area contributed by atoms with Crippen LogP contribution in [-0.2, 0) is 17.8 Å². The fourth-order valence-electron chi connectivity index (χ4n) is 7.13. The van der Waals surface area contributed by atoms with E-state index in [0.29, 0.717) is 33.2 Å². The lowest BCUT2D eigenvalue weighted by molar-refractivity contribution is 0.0598. The van der Waals surface area contributed by atoms with Crippen molar-refractivity contribution in [1.82, 2.24) is 9.97 Å². The number of para-hydroxylation sites is 2. The predicted octanol–water partition coefficient (Wildman–Crippen LogP) is 8.13. The van der Waals surface area contributed by atoms with Gasteiger partial charge in [0.15, 0.2) is 5.43 Å². The van der Waals surface area contributed by atoms with Crippen molar-refractivity contribution < 1.29 is 48.8 Å². The van der Waals surface area contributed by atoms with E-state index >= 15 is 0 Å². The Hall–Kier alpha value is -8.04. The minimum Gasteiger partial charge on any atom is -0.506 e. The van der Waals surface area contributed by atoms with E-state index in [4.69, 9.17) is 20.8 Å². The summed E-state index contributed by atoms with van der Waals surface area (Å²) in [6, 6.07) is 24.2. The minimum atomic E-state index is -1.29. The van der Waals surface area contributed by atoms with Crippen molar-refractivity contribution in [1.29, 1.82) is 0 Å². The van der Waals surface area contributed by atoms with Gasteiger partial charge in [0, 0.05) is 40.4 Å². The normalized spacial score (nSPS) is 11.2. The molecule has 8 rings (SSSR count). The Bertz CT molecular complexity index is 3160.